The molecular weight excluding hydrogens is 256 g/mol. The number of rotatable bonds is 5. The molecule has 1 amide bonds. The molecule has 88 valence electrons. The van der Waals surface area contributed by atoms with Gasteiger partial charge in [0, 0.05) is 19.1 Å². The van der Waals surface area contributed by atoms with Crippen LogP contribution in [0.3, 0.4) is 0 Å². The van der Waals surface area contributed by atoms with Crippen LogP contribution in [0.25, 0.3) is 0 Å². The molecule has 1 saturated heterocycles. The number of nitrogens with zero attached hydrogens (tertiary/aromatic N) is 2. The number of hydrogen-bond acceptors (Lipinski definition) is 2. The van der Waals surface area contributed by atoms with E-state index in [1.165, 1.54) is 0 Å². The van der Waals surface area contributed by atoms with Gasteiger partial charge in [0.2, 0.25) is 5.91 Å². The van der Waals surface area contributed by atoms with E-state index in [1.54, 1.807) is 0 Å². The van der Waals surface area contributed by atoms with Crippen molar-refractivity contribution in [3.63, 3.8) is 0 Å². The summed E-state index contributed by atoms with van der Waals surface area (Å²) >= 11 is 3.41. The molecule has 1 rings (SSSR count). The van der Waals surface area contributed by atoms with Crippen LogP contribution in [0.4, 0.5) is 0 Å². The monoisotopic (exact) mass is 276 g/mol. The van der Waals surface area contributed by atoms with Gasteiger partial charge in [-0.15, -0.1) is 0 Å². The van der Waals surface area contributed by atoms with Gasteiger partial charge >= 0.3 is 0 Å². The smallest absolute Gasteiger partial charge is 0.236 e. The first-order valence-electron chi connectivity index (χ1n) is 5.77. The van der Waals surface area contributed by atoms with E-state index < -0.39 is 0 Å². The summed E-state index contributed by atoms with van der Waals surface area (Å²) in [5, 5.41) is 0. The zero-order chi connectivity index (χ0) is 11.4. The van der Waals surface area contributed by atoms with Crippen LogP contribution < -0.4 is 0 Å². The molecule has 0 bridgehead atoms. The Labute approximate surface area is 101 Å². The van der Waals surface area contributed by atoms with Crippen molar-refractivity contribution in [1.82, 2.24) is 9.80 Å². The SMILES string of the molecule is CCN(CC)CC(C)N1CCC(Br)C1=O. The Hall–Kier alpha value is -0.0900. The second-order valence-corrected chi connectivity index (χ2v) is 5.23. The first-order chi connectivity index (χ1) is 7.10. The van der Waals surface area contributed by atoms with E-state index in [9.17, 15) is 4.79 Å². The largest absolute Gasteiger partial charge is 0.338 e. The third-order valence-electron chi connectivity index (χ3n) is 3.12. The van der Waals surface area contributed by atoms with Crippen molar-refractivity contribution in [2.24, 2.45) is 0 Å². The Morgan fingerprint density at radius 2 is 2.13 bits per heavy atom. The molecule has 0 radical (unpaired) electrons. The molecule has 2 unspecified atom stereocenters. The van der Waals surface area contributed by atoms with Crippen LogP contribution in [0.5, 0.6) is 0 Å². The Morgan fingerprint density at radius 3 is 2.53 bits per heavy atom. The molecule has 3 nitrogen and oxygen atoms in total. The molecule has 0 saturated carbocycles. The van der Waals surface area contributed by atoms with E-state index in [1.807, 2.05) is 4.90 Å². The Bertz CT molecular complexity index is 219. The second kappa shape index (κ2) is 5.85. The number of halogens is 1. The first-order valence-corrected chi connectivity index (χ1v) is 6.68. The molecule has 0 spiro atoms. The molecule has 0 aromatic heterocycles. The summed E-state index contributed by atoms with van der Waals surface area (Å²) in [6.45, 7) is 10.5. The van der Waals surface area contributed by atoms with Crippen molar-refractivity contribution in [1.29, 1.82) is 0 Å². The van der Waals surface area contributed by atoms with E-state index in [-0.39, 0.29) is 10.7 Å². The quantitative estimate of drug-likeness (QED) is 0.714. The van der Waals surface area contributed by atoms with Crippen molar-refractivity contribution in [2.75, 3.05) is 26.2 Å². The lowest BCUT2D eigenvalue weighted by Gasteiger charge is -2.29. The third kappa shape index (κ3) is 3.18. The summed E-state index contributed by atoms with van der Waals surface area (Å²) in [5.41, 5.74) is 0. The highest BCUT2D eigenvalue weighted by molar-refractivity contribution is 9.10. The average molecular weight is 277 g/mol. The predicted octanol–water partition coefficient (Wildman–Crippen LogP) is 1.71. The minimum absolute atomic E-state index is 0.0525. The van der Waals surface area contributed by atoms with Crippen LogP contribution in [0.2, 0.25) is 0 Å². The molecular formula is C11H21BrN2O. The highest BCUT2D eigenvalue weighted by atomic mass is 79.9. The van der Waals surface area contributed by atoms with Crippen molar-refractivity contribution < 1.29 is 4.79 Å². The van der Waals surface area contributed by atoms with Gasteiger partial charge in [0.25, 0.3) is 0 Å². The van der Waals surface area contributed by atoms with Crippen LogP contribution in [-0.2, 0) is 4.79 Å². The molecule has 0 aromatic carbocycles. The van der Waals surface area contributed by atoms with E-state index in [0.717, 1.165) is 32.6 Å². The standard InChI is InChI=1S/C11H21BrN2O/c1-4-13(5-2)8-9(3)14-7-6-10(12)11(14)15/h9-10H,4-8H2,1-3H3. The fourth-order valence-corrected chi connectivity index (χ4v) is 2.53. The van der Waals surface area contributed by atoms with Crippen LogP contribution in [0, 0.1) is 0 Å². The highest BCUT2D eigenvalue weighted by Gasteiger charge is 2.32. The normalized spacial score (nSPS) is 23.9. The molecule has 1 heterocycles. The number of hydrogen-bond donors (Lipinski definition) is 0. The summed E-state index contributed by atoms with van der Waals surface area (Å²) in [5.74, 6) is 0.259. The van der Waals surface area contributed by atoms with Crippen LogP contribution >= 0.6 is 15.9 Å². The van der Waals surface area contributed by atoms with Crippen LogP contribution in [0.1, 0.15) is 27.2 Å². The number of likely N-dealkylation sites (tertiary alicyclic amines) is 1. The van der Waals surface area contributed by atoms with Gasteiger partial charge in [-0.1, -0.05) is 29.8 Å². The van der Waals surface area contributed by atoms with Gasteiger partial charge in [-0.3, -0.25) is 4.79 Å². The first kappa shape index (κ1) is 13.0. The van der Waals surface area contributed by atoms with Gasteiger partial charge in [0.15, 0.2) is 0 Å². The number of carbonyl (C=O) groups excluding carboxylic acids is 1. The molecule has 1 aliphatic rings. The van der Waals surface area contributed by atoms with Gasteiger partial charge in [-0.05, 0) is 26.4 Å². The maximum Gasteiger partial charge on any atom is 0.236 e. The molecule has 4 heteroatoms. The molecule has 1 aliphatic heterocycles. The lowest BCUT2D eigenvalue weighted by molar-refractivity contribution is -0.129. The predicted molar refractivity (Wildman–Crippen MR) is 66.3 cm³/mol. The zero-order valence-corrected chi connectivity index (χ0v) is 11.5. The van der Waals surface area contributed by atoms with E-state index in [4.69, 9.17) is 0 Å². The summed E-state index contributed by atoms with van der Waals surface area (Å²) in [6, 6.07) is 0.333. The van der Waals surface area contributed by atoms with Crippen molar-refractivity contribution in [3.8, 4) is 0 Å². The van der Waals surface area contributed by atoms with Gasteiger partial charge < -0.3 is 9.80 Å². The minimum atomic E-state index is 0.0525. The number of carbonyl (C=O) groups is 1. The minimum Gasteiger partial charge on any atom is -0.338 e. The van der Waals surface area contributed by atoms with Crippen molar-refractivity contribution >= 4 is 21.8 Å². The molecule has 0 aliphatic carbocycles. The molecule has 15 heavy (non-hydrogen) atoms. The Balaban J connectivity index is 2.46. The molecule has 1 fully saturated rings. The highest BCUT2D eigenvalue weighted by Crippen LogP contribution is 2.20. The van der Waals surface area contributed by atoms with E-state index >= 15 is 0 Å². The summed E-state index contributed by atoms with van der Waals surface area (Å²) < 4.78 is 0. The van der Waals surface area contributed by atoms with E-state index in [2.05, 4.69) is 41.6 Å². The summed E-state index contributed by atoms with van der Waals surface area (Å²) in [4.78, 5) is 16.2. The fraction of sp³-hybridized carbons (Fsp3) is 0.909. The van der Waals surface area contributed by atoms with E-state index in [0.29, 0.717) is 6.04 Å². The van der Waals surface area contributed by atoms with Gasteiger partial charge in [-0.25, -0.2) is 0 Å². The summed E-state index contributed by atoms with van der Waals surface area (Å²) in [6.07, 6.45) is 0.946. The molecule has 2 atom stereocenters. The maximum atomic E-state index is 11.8. The molecule has 0 N–H and O–H groups in total. The fourth-order valence-electron chi connectivity index (χ4n) is 2.06. The Morgan fingerprint density at radius 1 is 1.53 bits per heavy atom. The topological polar surface area (TPSA) is 23.6 Å². The number of likely N-dealkylation sites (N-methyl/N-ethyl adjacent to an activating group) is 1. The third-order valence-corrected chi connectivity index (χ3v) is 3.97. The van der Waals surface area contributed by atoms with Gasteiger partial charge in [0.05, 0.1) is 4.83 Å². The van der Waals surface area contributed by atoms with Crippen LogP contribution in [-0.4, -0.2) is 52.8 Å². The summed E-state index contributed by atoms with van der Waals surface area (Å²) in [7, 11) is 0. The van der Waals surface area contributed by atoms with Gasteiger partial charge in [0.1, 0.15) is 0 Å². The van der Waals surface area contributed by atoms with Crippen LogP contribution in [0.15, 0.2) is 0 Å². The lowest BCUT2D eigenvalue weighted by atomic mass is 10.2. The van der Waals surface area contributed by atoms with Gasteiger partial charge in [-0.2, -0.15) is 0 Å². The van der Waals surface area contributed by atoms with Crippen molar-refractivity contribution in [3.05, 3.63) is 0 Å². The average Bonchev–Trinajstić information content (AvgIpc) is 2.56. The maximum absolute atomic E-state index is 11.8. The van der Waals surface area contributed by atoms with Crippen molar-refractivity contribution in [2.45, 2.75) is 38.1 Å². The molecule has 0 aromatic rings. The number of alkyl halides is 1. The number of amides is 1. The lowest BCUT2D eigenvalue weighted by Crippen LogP contribution is -2.43. The Kier molecular flexibility index (Phi) is 5.06. The zero-order valence-electron chi connectivity index (χ0n) is 9.87. The second-order valence-electron chi connectivity index (χ2n) is 4.12.